The summed E-state index contributed by atoms with van der Waals surface area (Å²) in [4.78, 5) is 0. The Morgan fingerprint density at radius 3 is 2.56 bits per heavy atom. The van der Waals surface area contributed by atoms with E-state index < -0.39 is 7.60 Å². The Balaban J connectivity index is 2.92. The molecule has 0 aromatic heterocycles. The van der Waals surface area contributed by atoms with Crippen molar-refractivity contribution >= 4 is 12.9 Å². The fourth-order valence-corrected chi connectivity index (χ4v) is 2.92. The molecule has 0 aliphatic carbocycles. The van der Waals surface area contributed by atoms with Gasteiger partial charge >= 0.3 is 7.60 Å². The quantitative estimate of drug-likeness (QED) is 0.514. The van der Waals surface area contributed by atoms with E-state index in [1.807, 2.05) is 37.3 Å². The Morgan fingerprint density at radius 1 is 1.33 bits per heavy atom. The fraction of sp³-hybridized carbons (Fsp3) is 0.286. The molecule has 1 rings (SSSR count). The van der Waals surface area contributed by atoms with E-state index in [-0.39, 0.29) is 6.61 Å². The predicted molar refractivity (Wildman–Crippen MR) is 75.5 cm³/mol. The van der Waals surface area contributed by atoms with Crippen molar-refractivity contribution in [2.24, 2.45) is 0 Å². The summed E-state index contributed by atoms with van der Waals surface area (Å²) in [5.74, 6) is 0. The number of benzene rings is 1. The maximum Gasteiger partial charge on any atom is 0.361 e. The minimum atomic E-state index is -3.33. The average Bonchev–Trinajstić information content (AvgIpc) is 2.43. The first kappa shape index (κ1) is 14.9. The molecule has 4 heteroatoms. The predicted octanol–water partition coefficient (Wildman–Crippen LogP) is 4.48. The van der Waals surface area contributed by atoms with Crippen LogP contribution in [0.15, 0.2) is 49.6 Å². The SMILES string of the molecule is C=CCOP(=O)(OCCC)C(=C)c1ccccc1. The molecular formula is C14H19O3P. The lowest BCUT2D eigenvalue weighted by Crippen LogP contribution is -1.99. The van der Waals surface area contributed by atoms with Gasteiger partial charge in [0.25, 0.3) is 0 Å². The van der Waals surface area contributed by atoms with Gasteiger partial charge in [0.2, 0.25) is 0 Å². The van der Waals surface area contributed by atoms with Gasteiger partial charge < -0.3 is 9.05 Å². The van der Waals surface area contributed by atoms with Gasteiger partial charge in [-0.05, 0) is 12.0 Å². The second-order valence-corrected chi connectivity index (χ2v) is 5.78. The van der Waals surface area contributed by atoms with Gasteiger partial charge in [0.05, 0.1) is 18.5 Å². The highest BCUT2D eigenvalue weighted by atomic mass is 31.2. The molecule has 1 unspecified atom stereocenters. The molecule has 18 heavy (non-hydrogen) atoms. The first-order valence-corrected chi connectivity index (χ1v) is 7.43. The molecule has 3 nitrogen and oxygen atoms in total. The topological polar surface area (TPSA) is 35.5 Å². The van der Waals surface area contributed by atoms with Crippen molar-refractivity contribution in [3.05, 3.63) is 55.1 Å². The Kier molecular flexibility index (Phi) is 6.06. The maximum absolute atomic E-state index is 12.6. The minimum Gasteiger partial charge on any atom is -0.305 e. The van der Waals surface area contributed by atoms with E-state index in [0.717, 1.165) is 12.0 Å². The summed E-state index contributed by atoms with van der Waals surface area (Å²) in [6.45, 7) is 9.90. The minimum absolute atomic E-state index is 0.173. The number of hydrogen-bond donors (Lipinski definition) is 0. The van der Waals surface area contributed by atoms with E-state index in [1.165, 1.54) is 0 Å². The van der Waals surface area contributed by atoms with Crippen molar-refractivity contribution in [2.45, 2.75) is 13.3 Å². The van der Waals surface area contributed by atoms with Crippen LogP contribution in [0.4, 0.5) is 0 Å². The monoisotopic (exact) mass is 266 g/mol. The molecule has 0 heterocycles. The third-order valence-electron chi connectivity index (χ3n) is 2.27. The molecular weight excluding hydrogens is 247 g/mol. The summed E-state index contributed by atoms with van der Waals surface area (Å²) in [6, 6.07) is 9.28. The van der Waals surface area contributed by atoms with Crippen molar-refractivity contribution in [1.82, 2.24) is 0 Å². The second kappa shape index (κ2) is 7.32. The van der Waals surface area contributed by atoms with Crippen molar-refractivity contribution < 1.29 is 13.6 Å². The molecule has 98 valence electrons. The summed E-state index contributed by atoms with van der Waals surface area (Å²) < 4.78 is 23.3. The molecule has 0 aliphatic rings. The third kappa shape index (κ3) is 3.95. The van der Waals surface area contributed by atoms with E-state index in [9.17, 15) is 4.57 Å². The highest BCUT2D eigenvalue weighted by molar-refractivity contribution is 7.65. The van der Waals surface area contributed by atoms with Crippen LogP contribution in [0.2, 0.25) is 0 Å². The molecule has 0 fully saturated rings. The molecule has 0 saturated carbocycles. The molecule has 1 aromatic carbocycles. The van der Waals surface area contributed by atoms with E-state index in [0.29, 0.717) is 11.9 Å². The number of hydrogen-bond acceptors (Lipinski definition) is 3. The third-order valence-corrected chi connectivity index (χ3v) is 4.20. The van der Waals surface area contributed by atoms with Gasteiger partial charge in [-0.1, -0.05) is 49.9 Å². The van der Waals surface area contributed by atoms with Gasteiger partial charge in [0, 0.05) is 0 Å². The summed E-state index contributed by atoms with van der Waals surface area (Å²) >= 11 is 0. The zero-order valence-electron chi connectivity index (χ0n) is 10.7. The van der Waals surface area contributed by atoms with Gasteiger partial charge in [-0.2, -0.15) is 0 Å². The highest BCUT2D eigenvalue weighted by Gasteiger charge is 2.29. The van der Waals surface area contributed by atoms with Crippen LogP contribution in [0.3, 0.4) is 0 Å². The van der Waals surface area contributed by atoms with Gasteiger partial charge in [-0.25, -0.2) is 0 Å². The van der Waals surface area contributed by atoms with Crippen molar-refractivity contribution in [1.29, 1.82) is 0 Å². The van der Waals surface area contributed by atoms with Crippen LogP contribution in [-0.2, 0) is 13.6 Å². The van der Waals surface area contributed by atoms with E-state index in [2.05, 4.69) is 13.2 Å². The van der Waals surface area contributed by atoms with Gasteiger partial charge in [-0.15, -0.1) is 6.58 Å². The van der Waals surface area contributed by atoms with E-state index in [1.54, 1.807) is 6.08 Å². The number of rotatable bonds is 8. The lowest BCUT2D eigenvalue weighted by atomic mass is 10.2. The molecule has 0 amide bonds. The normalized spacial score (nSPS) is 13.8. The Hall–Kier alpha value is -1.15. The Morgan fingerprint density at radius 2 is 2.00 bits per heavy atom. The lowest BCUT2D eigenvalue weighted by molar-refractivity contribution is 0.229. The summed E-state index contributed by atoms with van der Waals surface area (Å²) in [5.41, 5.74) is 0.765. The zero-order chi connectivity index (χ0) is 13.4. The molecule has 0 N–H and O–H groups in total. The van der Waals surface area contributed by atoms with Crippen molar-refractivity contribution in [2.75, 3.05) is 13.2 Å². The molecule has 1 aromatic rings. The molecule has 0 aliphatic heterocycles. The second-order valence-electron chi connectivity index (χ2n) is 3.73. The maximum atomic E-state index is 12.6. The van der Waals surface area contributed by atoms with E-state index in [4.69, 9.17) is 9.05 Å². The van der Waals surface area contributed by atoms with Gasteiger partial charge in [0.1, 0.15) is 0 Å². The van der Waals surface area contributed by atoms with Crippen LogP contribution in [0.5, 0.6) is 0 Å². The van der Waals surface area contributed by atoms with Crippen LogP contribution in [0.1, 0.15) is 18.9 Å². The fourth-order valence-electron chi connectivity index (χ4n) is 1.34. The lowest BCUT2D eigenvalue weighted by Gasteiger charge is -2.19. The average molecular weight is 266 g/mol. The molecule has 0 radical (unpaired) electrons. The summed E-state index contributed by atoms with van der Waals surface area (Å²) in [7, 11) is -3.33. The van der Waals surface area contributed by atoms with Crippen LogP contribution in [0.25, 0.3) is 5.31 Å². The summed E-state index contributed by atoms with van der Waals surface area (Å²) in [5, 5.41) is 0.387. The molecule has 1 atom stereocenters. The first-order valence-electron chi connectivity index (χ1n) is 5.89. The summed E-state index contributed by atoms with van der Waals surface area (Å²) in [6.07, 6.45) is 2.31. The molecule has 0 bridgehead atoms. The first-order chi connectivity index (χ1) is 8.64. The highest BCUT2D eigenvalue weighted by Crippen LogP contribution is 2.59. The van der Waals surface area contributed by atoms with Crippen LogP contribution >= 0.6 is 7.60 Å². The van der Waals surface area contributed by atoms with Crippen molar-refractivity contribution in [3.63, 3.8) is 0 Å². The largest absolute Gasteiger partial charge is 0.361 e. The Labute approximate surface area is 109 Å². The molecule has 0 saturated heterocycles. The van der Waals surface area contributed by atoms with Crippen LogP contribution < -0.4 is 0 Å². The Bertz CT molecular complexity index is 440. The van der Waals surface area contributed by atoms with Crippen LogP contribution in [-0.4, -0.2) is 13.2 Å². The smallest absolute Gasteiger partial charge is 0.305 e. The molecule has 0 spiro atoms. The van der Waals surface area contributed by atoms with E-state index >= 15 is 0 Å². The van der Waals surface area contributed by atoms with Gasteiger partial charge in [0.15, 0.2) is 0 Å². The van der Waals surface area contributed by atoms with Crippen molar-refractivity contribution in [3.8, 4) is 0 Å². The van der Waals surface area contributed by atoms with Crippen LogP contribution in [0, 0.1) is 0 Å². The van der Waals surface area contributed by atoms with Gasteiger partial charge in [-0.3, -0.25) is 4.57 Å². The standard InChI is InChI=1S/C14H19O3P/c1-4-11-16-18(15,17-12-5-2)13(3)14-9-7-6-8-10-14/h4,6-10H,1,3,5,11-12H2,2H3. The zero-order valence-corrected chi connectivity index (χ0v) is 11.6.